The molecule has 130 valence electrons. The van der Waals surface area contributed by atoms with Crippen LogP contribution in [0.15, 0.2) is 34.2 Å². The Morgan fingerprint density at radius 2 is 2.12 bits per heavy atom. The van der Waals surface area contributed by atoms with Crippen LogP contribution >= 0.6 is 23.1 Å². The normalized spacial score (nSPS) is 11.2. The van der Waals surface area contributed by atoms with Crippen LogP contribution in [0.3, 0.4) is 0 Å². The highest BCUT2D eigenvalue weighted by Crippen LogP contribution is 2.24. The Bertz CT molecular complexity index is 978. The number of thiazole rings is 1. The van der Waals surface area contributed by atoms with E-state index < -0.39 is 0 Å². The van der Waals surface area contributed by atoms with Crippen molar-refractivity contribution >= 4 is 44.9 Å². The first kappa shape index (κ1) is 17.6. The van der Waals surface area contributed by atoms with Gasteiger partial charge in [0.2, 0.25) is 5.91 Å². The summed E-state index contributed by atoms with van der Waals surface area (Å²) in [4.78, 5) is 35.3. The molecule has 0 saturated heterocycles. The van der Waals surface area contributed by atoms with Crippen LogP contribution in [-0.2, 0) is 4.79 Å². The third-order valence-corrected chi connectivity index (χ3v) is 5.27. The quantitative estimate of drug-likeness (QED) is 0.527. The second-order valence-corrected chi connectivity index (χ2v) is 8.08. The van der Waals surface area contributed by atoms with Crippen LogP contribution in [0.25, 0.3) is 10.2 Å². The van der Waals surface area contributed by atoms with Crippen molar-refractivity contribution in [3.05, 3.63) is 45.3 Å². The van der Waals surface area contributed by atoms with E-state index in [-0.39, 0.29) is 23.1 Å². The molecule has 25 heavy (non-hydrogen) atoms. The zero-order valence-electron chi connectivity index (χ0n) is 14.1. The number of fused-ring (bicyclic) bond motifs is 1. The van der Waals surface area contributed by atoms with Gasteiger partial charge in [0.15, 0.2) is 5.16 Å². The highest BCUT2D eigenvalue weighted by Gasteiger charge is 2.09. The molecule has 0 radical (unpaired) electrons. The van der Waals surface area contributed by atoms with Gasteiger partial charge in [-0.25, -0.2) is 9.97 Å². The number of aryl methyl sites for hydroxylation is 1. The van der Waals surface area contributed by atoms with Crippen molar-refractivity contribution in [2.75, 3.05) is 11.1 Å². The summed E-state index contributed by atoms with van der Waals surface area (Å²) in [5.41, 5.74) is 2.10. The van der Waals surface area contributed by atoms with Crippen LogP contribution in [0.4, 0.5) is 5.69 Å². The van der Waals surface area contributed by atoms with E-state index >= 15 is 0 Å². The summed E-state index contributed by atoms with van der Waals surface area (Å²) in [5.74, 6) is 0.163. The maximum atomic E-state index is 12.2. The van der Waals surface area contributed by atoms with Crippen molar-refractivity contribution in [3.8, 4) is 0 Å². The van der Waals surface area contributed by atoms with Crippen LogP contribution < -0.4 is 10.9 Å². The molecule has 1 amide bonds. The summed E-state index contributed by atoms with van der Waals surface area (Å²) in [6.45, 7) is 5.90. The van der Waals surface area contributed by atoms with E-state index in [1.807, 2.05) is 39.0 Å². The van der Waals surface area contributed by atoms with Gasteiger partial charge in [0.1, 0.15) is 0 Å². The van der Waals surface area contributed by atoms with Crippen molar-refractivity contribution in [2.45, 2.75) is 31.8 Å². The molecule has 2 aromatic heterocycles. The number of carbonyl (C=O) groups excluding carboxylic acids is 1. The lowest BCUT2D eigenvalue weighted by Crippen LogP contribution is -2.16. The Morgan fingerprint density at radius 3 is 2.88 bits per heavy atom. The number of anilines is 1. The van der Waals surface area contributed by atoms with Crippen LogP contribution in [0, 0.1) is 6.92 Å². The molecule has 1 aromatic carbocycles. The van der Waals surface area contributed by atoms with Crippen LogP contribution in [-0.4, -0.2) is 26.6 Å². The zero-order chi connectivity index (χ0) is 18.0. The molecule has 0 aliphatic rings. The van der Waals surface area contributed by atoms with Gasteiger partial charge in [0.05, 0.1) is 26.7 Å². The van der Waals surface area contributed by atoms with Crippen molar-refractivity contribution < 1.29 is 4.79 Å². The van der Waals surface area contributed by atoms with Gasteiger partial charge in [-0.05, 0) is 31.0 Å². The molecule has 0 spiro atoms. The fraction of sp³-hybridized carbons (Fsp3) is 0.294. The third kappa shape index (κ3) is 4.46. The third-order valence-electron chi connectivity index (χ3n) is 3.45. The monoisotopic (exact) mass is 374 g/mol. The minimum atomic E-state index is -0.203. The Balaban J connectivity index is 1.65. The lowest BCUT2D eigenvalue weighted by Gasteiger charge is -2.07. The lowest BCUT2D eigenvalue weighted by atomic mass is 10.1. The molecule has 2 N–H and O–H groups in total. The molecule has 0 fully saturated rings. The molecule has 6 nitrogen and oxygen atoms in total. The second-order valence-electron chi connectivity index (χ2n) is 5.88. The molecule has 0 aliphatic heterocycles. The Labute approximate surface area is 153 Å². The molecule has 3 rings (SSSR count). The predicted molar refractivity (Wildman–Crippen MR) is 103 cm³/mol. The fourth-order valence-corrected chi connectivity index (χ4v) is 3.76. The fourth-order valence-electron chi connectivity index (χ4n) is 2.27. The Morgan fingerprint density at radius 1 is 1.32 bits per heavy atom. The Hall–Kier alpha value is -2.19. The number of nitrogens with zero attached hydrogens (tertiary/aromatic N) is 2. The highest BCUT2D eigenvalue weighted by atomic mass is 32.2. The maximum absolute atomic E-state index is 12.2. The first-order chi connectivity index (χ1) is 11.9. The number of aromatic nitrogens is 3. The molecule has 0 bridgehead atoms. The van der Waals surface area contributed by atoms with Gasteiger partial charge in [-0.3, -0.25) is 9.59 Å². The van der Waals surface area contributed by atoms with Gasteiger partial charge in [0, 0.05) is 11.8 Å². The summed E-state index contributed by atoms with van der Waals surface area (Å²) in [6.07, 6.45) is 0. The number of hydrogen-bond acceptors (Lipinski definition) is 6. The first-order valence-electron chi connectivity index (χ1n) is 7.82. The van der Waals surface area contributed by atoms with Gasteiger partial charge >= 0.3 is 0 Å². The Kier molecular flexibility index (Phi) is 5.19. The number of rotatable bonds is 5. The largest absolute Gasteiger partial charge is 0.325 e. The van der Waals surface area contributed by atoms with Gasteiger partial charge in [0.25, 0.3) is 5.56 Å². The summed E-state index contributed by atoms with van der Waals surface area (Å²) in [5, 5.41) is 4.30. The predicted octanol–water partition coefficient (Wildman–Crippen LogP) is 3.54. The molecular weight excluding hydrogens is 356 g/mol. The van der Waals surface area contributed by atoms with E-state index in [1.165, 1.54) is 17.8 Å². The van der Waals surface area contributed by atoms with E-state index in [0.29, 0.717) is 10.8 Å². The summed E-state index contributed by atoms with van der Waals surface area (Å²) < 4.78 is 1.09. The SMILES string of the molecule is Cc1nc2cc(NC(=O)CSc3nc(C(C)C)cc(=O)[nH]3)ccc2s1. The number of amides is 1. The molecular formula is C17H18N4O2S2. The number of H-pyrrole nitrogens is 1. The zero-order valence-corrected chi connectivity index (χ0v) is 15.8. The first-order valence-corrected chi connectivity index (χ1v) is 9.62. The van der Waals surface area contributed by atoms with E-state index in [4.69, 9.17) is 0 Å². The average molecular weight is 374 g/mol. The average Bonchev–Trinajstić information content (AvgIpc) is 2.91. The number of aromatic amines is 1. The minimum absolute atomic E-state index is 0.156. The van der Waals surface area contributed by atoms with Crippen molar-refractivity contribution in [1.29, 1.82) is 0 Å². The lowest BCUT2D eigenvalue weighted by molar-refractivity contribution is -0.113. The van der Waals surface area contributed by atoms with Crippen LogP contribution in [0.1, 0.15) is 30.5 Å². The number of thioether (sulfide) groups is 1. The van der Waals surface area contributed by atoms with Gasteiger partial charge in [-0.15, -0.1) is 11.3 Å². The molecule has 0 atom stereocenters. The molecule has 0 saturated carbocycles. The maximum Gasteiger partial charge on any atom is 0.251 e. The summed E-state index contributed by atoms with van der Waals surface area (Å²) >= 11 is 2.83. The topological polar surface area (TPSA) is 87.7 Å². The highest BCUT2D eigenvalue weighted by molar-refractivity contribution is 7.99. The van der Waals surface area contributed by atoms with E-state index in [2.05, 4.69) is 20.3 Å². The summed E-state index contributed by atoms with van der Waals surface area (Å²) in [7, 11) is 0. The minimum Gasteiger partial charge on any atom is -0.325 e. The summed E-state index contributed by atoms with van der Waals surface area (Å²) in [6, 6.07) is 7.16. The van der Waals surface area contributed by atoms with Gasteiger partial charge in [-0.1, -0.05) is 25.6 Å². The second kappa shape index (κ2) is 7.37. The molecule has 2 heterocycles. The molecule has 3 aromatic rings. The van der Waals surface area contributed by atoms with Crippen molar-refractivity contribution in [2.24, 2.45) is 0 Å². The number of carbonyl (C=O) groups is 1. The standard InChI is InChI=1S/C17H18N4O2S2/c1-9(2)12-7-15(22)21-17(20-12)24-8-16(23)19-11-4-5-14-13(6-11)18-10(3)25-14/h4-7,9H,8H2,1-3H3,(H,19,23)(H,20,21,22). The van der Waals surface area contributed by atoms with E-state index in [0.717, 1.165) is 20.9 Å². The smallest absolute Gasteiger partial charge is 0.251 e. The molecule has 0 aliphatic carbocycles. The van der Waals surface area contributed by atoms with Crippen LogP contribution in [0.2, 0.25) is 0 Å². The van der Waals surface area contributed by atoms with E-state index in [9.17, 15) is 9.59 Å². The number of nitrogens with one attached hydrogen (secondary N) is 2. The van der Waals surface area contributed by atoms with Crippen molar-refractivity contribution in [1.82, 2.24) is 15.0 Å². The van der Waals surface area contributed by atoms with E-state index in [1.54, 1.807) is 11.3 Å². The molecule has 0 unspecified atom stereocenters. The van der Waals surface area contributed by atoms with Crippen LogP contribution in [0.5, 0.6) is 0 Å². The van der Waals surface area contributed by atoms with Gasteiger partial charge < -0.3 is 10.3 Å². The molecule has 8 heteroatoms. The number of hydrogen-bond donors (Lipinski definition) is 2. The van der Waals surface area contributed by atoms with Crippen molar-refractivity contribution in [3.63, 3.8) is 0 Å². The van der Waals surface area contributed by atoms with Gasteiger partial charge in [-0.2, -0.15) is 0 Å². The number of benzene rings is 1.